The van der Waals surface area contributed by atoms with Crippen LogP contribution >= 0.6 is 0 Å². The van der Waals surface area contributed by atoms with E-state index in [0.717, 1.165) is 43.7 Å². The van der Waals surface area contributed by atoms with E-state index in [2.05, 4.69) is 10.2 Å². The molecule has 3 aliphatic rings. The molecule has 2 bridgehead atoms. The molecule has 1 saturated heterocycles. The first-order valence-electron chi connectivity index (χ1n) is 8.72. The smallest absolute Gasteiger partial charge is 0.222 e. The van der Waals surface area contributed by atoms with Crippen LogP contribution in [0.25, 0.3) is 0 Å². The van der Waals surface area contributed by atoms with Crippen molar-refractivity contribution in [2.24, 2.45) is 17.8 Å². The molecule has 2 aliphatic carbocycles. The molecule has 0 radical (unpaired) electrons. The maximum absolute atomic E-state index is 12.4. The van der Waals surface area contributed by atoms with Crippen molar-refractivity contribution in [3.8, 4) is 0 Å². The fraction of sp³-hybridized carbons (Fsp3) is 0.941. The Labute approximate surface area is 123 Å². The Morgan fingerprint density at radius 2 is 2.15 bits per heavy atom. The van der Waals surface area contributed by atoms with Gasteiger partial charge < -0.3 is 10.2 Å². The lowest BCUT2D eigenvalue weighted by molar-refractivity contribution is -0.132. The van der Waals surface area contributed by atoms with Crippen LogP contribution in [0.1, 0.15) is 57.8 Å². The molecule has 0 spiro atoms. The van der Waals surface area contributed by atoms with Gasteiger partial charge in [0.1, 0.15) is 0 Å². The third-order valence-electron chi connectivity index (χ3n) is 5.97. The average Bonchev–Trinajstić information content (AvgIpc) is 3.15. The highest BCUT2D eigenvalue weighted by atomic mass is 16.2. The Bertz CT molecular complexity index is 344. The molecule has 3 fully saturated rings. The highest BCUT2D eigenvalue weighted by molar-refractivity contribution is 5.76. The molecule has 114 valence electrons. The average molecular weight is 278 g/mol. The van der Waals surface area contributed by atoms with Crippen LogP contribution in [0.4, 0.5) is 0 Å². The van der Waals surface area contributed by atoms with Gasteiger partial charge in [-0.3, -0.25) is 4.79 Å². The fourth-order valence-electron chi connectivity index (χ4n) is 4.98. The highest BCUT2D eigenvalue weighted by Crippen LogP contribution is 2.50. The van der Waals surface area contributed by atoms with Crippen LogP contribution in [-0.2, 0) is 4.79 Å². The standard InChI is InChI=1S/C17H30N2O/c1-18-8-2-5-17(20)19-9-3-4-16(19)12-15-11-13-6-7-14(15)10-13/h13-16,18H,2-12H2,1H3. The summed E-state index contributed by atoms with van der Waals surface area (Å²) in [4.78, 5) is 14.6. The number of hydrogen-bond acceptors (Lipinski definition) is 2. The number of carbonyl (C=O) groups excluding carboxylic acids is 1. The van der Waals surface area contributed by atoms with Crippen LogP contribution in [0.15, 0.2) is 0 Å². The van der Waals surface area contributed by atoms with Crippen molar-refractivity contribution < 1.29 is 4.79 Å². The van der Waals surface area contributed by atoms with Crippen LogP contribution in [-0.4, -0.2) is 37.0 Å². The first-order valence-corrected chi connectivity index (χ1v) is 8.72. The summed E-state index contributed by atoms with van der Waals surface area (Å²) in [6.45, 7) is 1.97. The number of carbonyl (C=O) groups is 1. The topological polar surface area (TPSA) is 32.3 Å². The van der Waals surface area contributed by atoms with E-state index in [-0.39, 0.29) is 0 Å². The van der Waals surface area contributed by atoms with Crippen LogP contribution in [0.5, 0.6) is 0 Å². The zero-order valence-corrected chi connectivity index (χ0v) is 12.9. The second-order valence-electron chi connectivity index (χ2n) is 7.26. The molecular formula is C17H30N2O. The minimum Gasteiger partial charge on any atom is -0.340 e. The second kappa shape index (κ2) is 6.46. The van der Waals surface area contributed by atoms with Crippen LogP contribution in [0.3, 0.4) is 0 Å². The molecule has 0 aromatic heterocycles. The van der Waals surface area contributed by atoms with E-state index >= 15 is 0 Å². The van der Waals surface area contributed by atoms with Crippen molar-refractivity contribution in [3.63, 3.8) is 0 Å². The summed E-state index contributed by atoms with van der Waals surface area (Å²) in [5.74, 6) is 3.38. The molecule has 3 nitrogen and oxygen atoms in total. The molecule has 1 aliphatic heterocycles. The number of nitrogens with zero attached hydrogens (tertiary/aromatic N) is 1. The summed E-state index contributed by atoms with van der Waals surface area (Å²) in [5.41, 5.74) is 0. The van der Waals surface area contributed by atoms with Gasteiger partial charge in [-0.15, -0.1) is 0 Å². The van der Waals surface area contributed by atoms with E-state index < -0.39 is 0 Å². The summed E-state index contributed by atoms with van der Waals surface area (Å²) in [6.07, 6.45) is 11.4. The minimum absolute atomic E-state index is 0.408. The molecule has 3 rings (SSSR count). The number of fused-ring (bicyclic) bond motifs is 2. The van der Waals surface area contributed by atoms with E-state index in [1.165, 1.54) is 44.9 Å². The Morgan fingerprint density at radius 3 is 2.85 bits per heavy atom. The molecule has 1 heterocycles. The zero-order chi connectivity index (χ0) is 13.9. The normalized spacial score (nSPS) is 36.0. The van der Waals surface area contributed by atoms with Crippen molar-refractivity contribution in [1.82, 2.24) is 10.2 Å². The van der Waals surface area contributed by atoms with Crippen molar-refractivity contribution in [2.75, 3.05) is 20.1 Å². The third kappa shape index (κ3) is 3.03. The maximum atomic E-state index is 12.4. The van der Waals surface area contributed by atoms with E-state index in [9.17, 15) is 4.79 Å². The molecular weight excluding hydrogens is 248 g/mol. The molecule has 20 heavy (non-hydrogen) atoms. The first-order chi connectivity index (χ1) is 9.78. The molecule has 0 aromatic rings. The van der Waals surface area contributed by atoms with E-state index in [1.54, 1.807) is 0 Å². The molecule has 1 amide bonds. The largest absolute Gasteiger partial charge is 0.340 e. The monoisotopic (exact) mass is 278 g/mol. The number of rotatable bonds is 6. The number of amides is 1. The number of nitrogens with one attached hydrogen (secondary N) is 1. The molecule has 0 aromatic carbocycles. The SMILES string of the molecule is CNCCCC(=O)N1CCCC1CC1CC2CCC1C2. The van der Waals surface area contributed by atoms with Gasteiger partial charge in [0, 0.05) is 19.0 Å². The molecule has 4 atom stereocenters. The lowest BCUT2D eigenvalue weighted by Crippen LogP contribution is -2.37. The number of hydrogen-bond donors (Lipinski definition) is 1. The quantitative estimate of drug-likeness (QED) is 0.758. The second-order valence-corrected chi connectivity index (χ2v) is 7.26. The first kappa shape index (κ1) is 14.4. The fourth-order valence-corrected chi connectivity index (χ4v) is 4.98. The molecule has 4 unspecified atom stereocenters. The van der Waals surface area contributed by atoms with Crippen LogP contribution in [0.2, 0.25) is 0 Å². The zero-order valence-electron chi connectivity index (χ0n) is 12.9. The summed E-state index contributed by atoms with van der Waals surface area (Å²) >= 11 is 0. The Morgan fingerprint density at radius 1 is 1.25 bits per heavy atom. The van der Waals surface area contributed by atoms with Gasteiger partial charge in [0.25, 0.3) is 0 Å². The van der Waals surface area contributed by atoms with Crippen molar-refractivity contribution in [3.05, 3.63) is 0 Å². The van der Waals surface area contributed by atoms with Crippen LogP contribution in [0, 0.1) is 17.8 Å². The summed E-state index contributed by atoms with van der Waals surface area (Å²) in [5, 5.41) is 3.13. The van der Waals surface area contributed by atoms with Gasteiger partial charge in [-0.05, 0) is 76.3 Å². The molecule has 2 saturated carbocycles. The predicted molar refractivity (Wildman–Crippen MR) is 81.5 cm³/mol. The third-order valence-corrected chi connectivity index (χ3v) is 5.97. The van der Waals surface area contributed by atoms with Gasteiger partial charge >= 0.3 is 0 Å². The lowest BCUT2D eigenvalue weighted by Gasteiger charge is -2.30. The minimum atomic E-state index is 0.408. The van der Waals surface area contributed by atoms with Gasteiger partial charge in [0.05, 0.1) is 0 Å². The number of likely N-dealkylation sites (tertiary alicyclic amines) is 1. The van der Waals surface area contributed by atoms with Gasteiger partial charge in [-0.25, -0.2) is 0 Å². The highest BCUT2D eigenvalue weighted by Gasteiger charge is 2.41. The van der Waals surface area contributed by atoms with Gasteiger partial charge in [0.15, 0.2) is 0 Å². The molecule has 1 N–H and O–H groups in total. The van der Waals surface area contributed by atoms with Crippen molar-refractivity contribution in [1.29, 1.82) is 0 Å². The Kier molecular flexibility index (Phi) is 4.65. The summed E-state index contributed by atoms with van der Waals surface area (Å²) in [7, 11) is 1.96. The van der Waals surface area contributed by atoms with Crippen molar-refractivity contribution in [2.45, 2.75) is 63.8 Å². The predicted octanol–water partition coefficient (Wildman–Crippen LogP) is 2.80. The van der Waals surface area contributed by atoms with E-state index in [1.807, 2.05) is 7.05 Å². The van der Waals surface area contributed by atoms with Crippen molar-refractivity contribution >= 4 is 5.91 Å². The van der Waals surface area contributed by atoms with Gasteiger partial charge in [-0.2, -0.15) is 0 Å². The van der Waals surface area contributed by atoms with Gasteiger partial charge in [0.2, 0.25) is 5.91 Å². The Balaban J connectivity index is 1.49. The van der Waals surface area contributed by atoms with E-state index in [4.69, 9.17) is 0 Å². The summed E-state index contributed by atoms with van der Waals surface area (Å²) < 4.78 is 0. The van der Waals surface area contributed by atoms with Crippen LogP contribution < -0.4 is 5.32 Å². The molecule has 3 heteroatoms. The lowest BCUT2D eigenvalue weighted by atomic mass is 9.83. The Hall–Kier alpha value is -0.570. The van der Waals surface area contributed by atoms with E-state index in [0.29, 0.717) is 11.9 Å². The maximum Gasteiger partial charge on any atom is 0.222 e. The summed E-state index contributed by atoms with van der Waals surface area (Å²) in [6, 6.07) is 0.571. The van der Waals surface area contributed by atoms with Gasteiger partial charge in [-0.1, -0.05) is 6.42 Å².